The van der Waals surface area contributed by atoms with E-state index < -0.39 is 0 Å². The number of nitrogens with one attached hydrogen (secondary N) is 1. The van der Waals surface area contributed by atoms with Gasteiger partial charge in [-0.1, -0.05) is 12.1 Å². The van der Waals surface area contributed by atoms with E-state index in [0.29, 0.717) is 21.6 Å². The lowest BCUT2D eigenvalue weighted by Gasteiger charge is -2.10. The fourth-order valence-electron chi connectivity index (χ4n) is 2.34. The van der Waals surface area contributed by atoms with Gasteiger partial charge in [0, 0.05) is 17.1 Å². The molecular formula is C16H14N4O2S. The molecule has 7 heteroatoms. The van der Waals surface area contributed by atoms with Gasteiger partial charge in [0.2, 0.25) is 0 Å². The fraction of sp³-hybridized carbons (Fsp3) is 0.125. The Morgan fingerprint density at radius 2 is 2.04 bits per heavy atom. The van der Waals surface area contributed by atoms with Crippen molar-refractivity contribution in [3.8, 4) is 0 Å². The van der Waals surface area contributed by atoms with Crippen LogP contribution in [0.4, 0.5) is 17.2 Å². The molecule has 0 spiro atoms. The summed E-state index contributed by atoms with van der Waals surface area (Å²) in [4.78, 5) is 19.9. The van der Waals surface area contributed by atoms with Crippen molar-refractivity contribution in [1.29, 1.82) is 0 Å². The van der Waals surface area contributed by atoms with Gasteiger partial charge >= 0.3 is 0 Å². The summed E-state index contributed by atoms with van der Waals surface area (Å²) in [6, 6.07) is 11.1. The zero-order chi connectivity index (χ0) is 16.4. The molecule has 116 valence electrons. The monoisotopic (exact) mass is 326 g/mol. The van der Waals surface area contributed by atoms with E-state index in [-0.39, 0.29) is 10.6 Å². The first-order valence-electron chi connectivity index (χ1n) is 6.89. The minimum Gasteiger partial charge on any atom is -0.340 e. The number of thioether (sulfide) groups is 1. The van der Waals surface area contributed by atoms with Crippen LogP contribution in [0.5, 0.6) is 0 Å². The summed E-state index contributed by atoms with van der Waals surface area (Å²) in [5.41, 5.74) is 2.72. The van der Waals surface area contributed by atoms with Gasteiger partial charge in [-0.2, -0.15) is 0 Å². The summed E-state index contributed by atoms with van der Waals surface area (Å²) in [5.74, 6) is 0.552. The third-order valence-corrected chi connectivity index (χ3v) is 4.18. The Bertz CT molecular complexity index is 898. The van der Waals surface area contributed by atoms with E-state index in [1.807, 2.05) is 31.2 Å². The highest BCUT2D eigenvalue weighted by atomic mass is 32.2. The van der Waals surface area contributed by atoms with Crippen LogP contribution in [0.2, 0.25) is 0 Å². The Morgan fingerprint density at radius 1 is 1.22 bits per heavy atom. The van der Waals surface area contributed by atoms with E-state index in [2.05, 4.69) is 15.3 Å². The number of nitro groups is 1. The van der Waals surface area contributed by atoms with Gasteiger partial charge in [-0.05, 0) is 36.9 Å². The Hall–Kier alpha value is -2.67. The van der Waals surface area contributed by atoms with Gasteiger partial charge in [0.25, 0.3) is 5.69 Å². The number of benzene rings is 2. The topological polar surface area (TPSA) is 81.0 Å². The first kappa shape index (κ1) is 15.2. The van der Waals surface area contributed by atoms with Gasteiger partial charge in [-0.25, -0.2) is 9.97 Å². The predicted octanol–water partition coefficient (Wildman–Crippen LogP) is 4.31. The summed E-state index contributed by atoms with van der Waals surface area (Å²) >= 11 is 1.33. The van der Waals surface area contributed by atoms with Crippen LogP contribution in [0, 0.1) is 17.0 Å². The van der Waals surface area contributed by atoms with Crippen molar-refractivity contribution in [1.82, 2.24) is 9.97 Å². The first-order chi connectivity index (χ1) is 11.1. The number of hydrogen-bond donors (Lipinski definition) is 1. The lowest BCUT2D eigenvalue weighted by atomic mass is 10.2. The Kier molecular flexibility index (Phi) is 4.12. The van der Waals surface area contributed by atoms with Crippen LogP contribution in [0.3, 0.4) is 0 Å². The third-order valence-electron chi connectivity index (χ3n) is 3.41. The van der Waals surface area contributed by atoms with Crippen molar-refractivity contribution < 1.29 is 4.92 Å². The summed E-state index contributed by atoms with van der Waals surface area (Å²) in [6.45, 7) is 2.00. The lowest BCUT2D eigenvalue weighted by molar-refractivity contribution is -0.387. The maximum Gasteiger partial charge on any atom is 0.283 e. The van der Waals surface area contributed by atoms with Gasteiger partial charge in [0.05, 0.1) is 15.3 Å². The Labute approximate surface area is 137 Å². The summed E-state index contributed by atoms with van der Waals surface area (Å²) in [6.07, 6.45) is 3.26. The molecule has 23 heavy (non-hydrogen) atoms. The van der Waals surface area contributed by atoms with E-state index in [0.717, 1.165) is 11.3 Å². The normalized spacial score (nSPS) is 10.7. The number of nitrogens with zero attached hydrogens (tertiary/aromatic N) is 3. The minimum absolute atomic E-state index is 0.0621. The molecule has 3 aromatic rings. The first-order valence-corrected chi connectivity index (χ1v) is 8.12. The number of rotatable bonds is 4. The maximum absolute atomic E-state index is 11.3. The van der Waals surface area contributed by atoms with E-state index in [1.165, 1.54) is 24.2 Å². The number of anilines is 2. The zero-order valence-corrected chi connectivity index (χ0v) is 13.4. The molecule has 0 fully saturated rings. The number of aromatic nitrogens is 2. The maximum atomic E-state index is 11.3. The van der Waals surface area contributed by atoms with Crippen molar-refractivity contribution in [3.05, 3.63) is 58.4 Å². The second-order valence-corrected chi connectivity index (χ2v) is 5.86. The molecular weight excluding hydrogens is 312 g/mol. The van der Waals surface area contributed by atoms with Crippen molar-refractivity contribution >= 4 is 39.9 Å². The summed E-state index contributed by atoms with van der Waals surface area (Å²) < 4.78 is 0. The van der Waals surface area contributed by atoms with Crippen LogP contribution in [0.25, 0.3) is 10.9 Å². The molecule has 1 heterocycles. The van der Waals surface area contributed by atoms with E-state index in [4.69, 9.17) is 0 Å². The average molecular weight is 326 g/mol. The lowest BCUT2D eigenvalue weighted by Crippen LogP contribution is -1.98. The van der Waals surface area contributed by atoms with Gasteiger partial charge < -0.3 is 5.32 Å². The molecule has 2 aromatic carbocycles. The molecule has 0 amide bonds. The van der Waals surface area contributed by atoms with E-state index in [1.54, 1.807) is 12.3 Å². The van der Waals surface area contributed by atoms with E-state index >= 15 is 0 Å². The second-order valence-electron chi connectivity index (χ2n) is 5.02. The molecule has 1 aromatic heterocycles. The quantitative estimate of drug-likeness (QED) is 0.437. The highest BCUT2D eigenvalue weighted by molar-refractivity contribution is 7.98. The van der Waals surface area contributed by atoms with Crippen molar-refractivity contribution in [2.24, 2.45) is 0 Å². The molecule has 0 saturated carbocycles. The highest BCUT2D eigenvalue weighted by Gasteiger charge is 2.17. The predicted molar refractivity (Wildman–Crippen MR) is 92.4 cm³/mol. The van der Waals surface area contributed by atoms with Crippen LogP contribution in [0.1, 0.15) is 5.56 Å². The van der Waals surface area contributed by atoms with Crippen LogP contribution in [-0.2, 0) is 0 Å². The van der Waals surface area contributed by atoms with Crippen molar-refractivity contribution in [2.45, 2.75) is 11.8 Å². The third kappa shape index (κ3) is 3.09. The highest BCUT2D eigenvalue weighted by Crippen LogP contribution is 2.34. The SMILES string of the molecule is CSc1cc2ncnc(Nc3cccc(C)c3)c2cc1[N+](=O)[O-]. The minimum atomic E-state index is -0.380. The Morgan fingerprint density at radius 3 is 2.74 bits per heavy atom. The van der Waals surface area contributed by atoms with Crippen LogP contribution in [0.15, 0.2) is 47.6 Å². The average Bonchev–Trinajstić information content (AvgIpc) is 2.54. The molecule has 3 rings (SSSR count). The number of hydrogen-bond acceptors (Lipinski definition) is 6. The van der Waals surface area contributed by atoms with Gasteiger partial charge in [0.1, 0.15) is 12.1 Å². The van der Waals surface area contributed by atoms with Gasteiger partial charge in [-0.15, -0.1) is 11.8 Å². The molecule has 6 nitrogen and oxygen atoms in total. The summed E-state index contributed by atoms with van der Waals surface area (Å²) in [7, 11) is 0. The van der Waals surface area contributed by atoms with Crippen molar-refractivity contribution in [3.63, 3.8) is 0 Å². The largest absolute Gasteiger partial charge is 0.340 e. The summed E-state index contributed by atoms with van der Waals surface area (Å²) in [5, 5.41) is 15.1. The van der Waals surface area contributed by atoms with Crippen LogP contribution >= 0.6 is 11.8 Å². The van der Waals surface area contributed by atoms with E-state index in [9.17, 15) is 10.1 Å². The van der Waals surface area contributed by atoms with Crippen LogP contribution < -0.4 is 5.32 Å². The molecule has 1 N–H and O–H groups in total. The number of fused-ring (bicyclic) bond motifs is 1. The number of aryl methyl sites for hydroxylation is 1. The zero-order valence-electron chi connectivity index (χ0n) is 12.6. The molecule has 0 radical (unpaired) electrons. The molecule has 0 bridgehead atoms. The molecule has 0 aliphatic rings. The van der Waals surface area contributed by atoms with Crippen LogP contribution in [-0.4, -0.2) is 21.1 Å². The van der Waals surface area contributed by atoms with Gasteiger partial charge in [-0.3, -0.25) is 10.1 Å². The van der Waals surface area contributed by atoms with Crippen molar-refractivity contribution in [2.75, 3.05) is 11.6 Å². The molecule has 0 atom stereocenters. The molecule has 0 aliphatic heterocycles. The fourth-order valence-corrected chi connectivity index (χ4v) is 2.91. The van der Waals surface area contributed by atoms with Gasteiger partial charge in [0.15, 0.2) is 0 Å². The Balaban J connectivity index is 2.13. The molecule has 0 saturated heterocycles. The second kappa shape index (κ2) is 6.21. The molecule has 0 aliphatic carbocycles. The number of nitro benzene ring substituents is 1. The standard InChI is InChI=1S/C16H14N4O2S/c1-10-4-3-5-11(6-10)19-16-12-7-14(20(21)22)15(23-2)8-13(12)17-9-18-16/h3-9H,1-2H3,(H,17,18,19). The smallest absolute Gasteiger partial charge is 0.283 e. The molecule has 0 unspecified atom stereocenters.